The standard InChI is InChI=1S/C15H18N2O2S/c1-10-2-4-13(5-3-10)20(18,19)17-16-9-15-7-11-6-12(8-15)14(11)15/h2-5,9,11-12,14,17H,6-8H2,1H3/b16-9+. The van der Waals surface area contributed by atoms with E-state index in [4.69, 9.17) is 0 Å². The zero-order valence-corrected chi connectivity index (χ0v) is 12.2. The third-order valence-electron chi connectivity index (χ3n) is 5.40. The molecule has 0 spiro atoms. The second-order valence-electron chi connectivity index (χ2n) is 6.59. The van der Waals surface area contributed by atoms with Crippen molar-refractivity contribution in [1.29, 1.82) is 0 Å². The van der Waals surface area contributed by atoms with Crippen LogP contribution in [0.2, 0.25) is 0 Å². The lowest BCUT2D eigenvalue weighted by Crippen LogP contribution is -2.69. The highest BCUT2D eigenvalue weighted by Gasteiger charge is 2.70. The number of aryl methyl sites for hydroxylation is 1. The molecule has 0 heterocycles. The van der Waals surface area contributed by atoms with E-state index in [2.05, 4.69) is 9.93 Å². The van der Waals surface area contributed by atoms with Gasteiger partial charge in [0.05, 0.1) is 4.90 Å². The van der Waals surface area contributed by atoms with Gasteiger partial charge in [-0.1, -0.05) is 17.7 Å². The molecule has 1 aromatic rings. The fraction of sp³-hybridized carbons (Fsp3) is 0.533. The van der Waals surface area contributed by atoms with E-state index in [0.717, 1.165) is 23.3 Å². The quantitative estimate of drug-likeness (QED) is 0.683. The molecule has 1 aromatic carbocycles. The summed E-state index contributed by atoms with van der Waals surface area (Å²) in [5, 5.41) is 4.03. The minimum absolute atomic E-state index is 0.226. The minimum Gasteiger partial charge on any atom is -0.200 e. The van der Waals surface area contributed by atoms with E-state index in [0.29, 0.717) is 0 Å². The predicted molar refractivity (Wildman–Crippen MR) is 76.7 cm³/mol. The van der Waals surface area contributed by atoms with Crippen molar-refractivity contribution in [2.45, 2.75) is 31.1 Å². The molecular weight excluding hydrogens is 272 g/mol. The second kappa shape index (κ2) is 3.85. The van der Waals surface area contributed by atoms with Crippen LogP contribution in [0.15, 0.2) is 34.3 Å². The van der Waals surface area contributed by atoms with Crippen molar-refractivity contribution >= 4 is 16.2 Å². The van der Waals surface area contributed by atoms with Gasteiger partial charge in [-0.15, -0.1) is 0 Å². The summed E-state index contributed by atoms with van der Waals surface area (Å²) >= 11 is 0. The van der Waals surface area contributed by atoms with Crippen LogP contribution in [0.4, 0.5) is 0 Å². The number of hydrogen-bond acceptors (Lipinski definition) is 3. The zero-order valence-electron chi connectivity index (χ0n) is 11.4. The molecule has 4 rings (SSSR count). The molecule has 3 fully saturated rings. The second-order valence-corrected chi connectivity index (χ2v) is 8.25. The fourth-order valence-electron chi connectivity index (χ4n) is 4.43. The molecule has 0 aromatic heterocycles. The van der Waals surface area contributed by atoms with Crippen LogP contribution in [0.25, 0.3) is 0 Å². The molecule has 0 amide bonds. The Balaban J connectivity index is 1.45. The highest BCUT2D eigenvalue weighted by molar-refractivity contribution is 7.89. The number of hydrogen-bond donors (Lipinski definition) is 1. The molecule has 2 unspecified atom stereocenters. The Morgan fingerprint density at radius 1 is 1.25 bits per heavy atom. The van der Waals surface area contributed by atoms with Gasteiger partial charge >= 0.3 is 0 Å². The molecule has 3 aliphatic carbocycles. The van der Waals surface area contributed by atoms with Crippen molar-refractivity contribution in [2.75, 3.05) is 0 Å². The number of nitrogens with one attached hydrogen (secondary N) is 1. The largest absolute Gasteiger partial charge is 0.276 e. The Labute approximate surface area is 119 Å². The van der Waals surface area contributed by atoms with Crippen LogP contribution in [0, 0.1) is 30.1 Å². The molecule has 0 saturated heterocycles. The zero-order chi connectivity index (χ0) is 14.0. The molecule has 3 aliphatic rings. The van der Waals surface area contributed by atoms with Gasteiger partial charge in [0.2, 0.25) is 0 Å². The van der Waals surface area contributed by atoms with E-state index < -0.39 is 10.0 Å². The van der Waals surface area contributed by atoms with Crippen LogP contribution in [-0.2, 0) is 10.0 Å². The van der Waals surface area contributed by atoms with Gasteiger partial charge < -0.3 is 0 Å². The van der Waals surface area contributed by atoms with Gasteiger partial charge in [0.15, 0.2) is 0 Å². The van der Waals surface area contributed by atoms with E-state index >= 15 is 0 Å². The van der Waals surface area contributed by atoms with Gasteiger partial charge in [0.1, 0.15) is 0 Å². The first-order chi connectivity index (χ1) is 9.50. The van der Waals surface area contributed by atoms with Gasteiger partial charge in [0, 0.05) is 11.6 Å². The fourth-order valence-corrected chi connectivity index (χ4v) is 5.22. The highest BCUT2D eigenvalue weighted by Crippen LogP contribution is 2.76. The first-order valence-electron chi connectivity index (χ1n) is 7.13. The van der Waals surface area contributed by atoms with Crippen LogP contribution in [-0.4, -0.2) is 14.6 Å². The van der Waals surface area contributed by atoms with Crippen LogP contribution >= 0.6 is 0 Å². The van der Waals surface area contributed by atoms with Gasteiger partial charge in [-0.25, -0.2) is 4.83 Å². The lowest BCUT2D eigenvalue weighted by molar-refractivity contribution is -0.227. The molecule has 1 N–H and O–H groups in total. The summed E-state index contributed by atoms with van der Waals surface area (Å²) in [6.07, 6.45) is 5.64. The first kappa shape index (κ1) is 12.4. The van der Waals surface area contributed by atoms with E-state index in [-0.39, 0.29) is 10.3 Å². The van der Waals surface area contributed by atoms with Gasteiger partial charge in [-0.3, -0.25) is 0 Å². The Bertz CT molecular complexity index is 666. The topological polar surface area (TPSA) is 58.5 Å². The van der Waals surface area contributed by atoms with Gasteiger partial charge in [-0.05, 0) is 56.1 Å². The number of hydrazone groups is 1. The Hall–Kier alpha value is -1.36. The van der Waals surface area contributed by atoms with Gasteiger partial charge in [0.25, 0.3) is 10.0 Å². The Morgan fingerprint density at radius 3 is 2.45 bits per heavy atom. The first-order valence-corrected chi connectivity index (χ1v) is 8.61. The Kier molecular flexibility index (Phi) is 2.38. The smallest absolute Gasteiger partial charge is 0.200 e. The molecule has 0 radical (unpaired) electrons. The van der Waals surface area contributed by atoms with Crippen LogP contribution in [0.1, 0.15) is 24.8 Å². The van der Waals surface area contributed by atoms with Crippen molar-refractivity contribution in [2.24, 2.45) is 28.3 Å². The maximum Gasteiger partial charge on any atom is 0.276 e. The molecule has 0 bridgehead atoms. The lowest BCUT2D eigenvalue weighted by atomic mass is 9.29. The summed E-state index contributed by atoms with van der Waals surface area (Å²) in [5.74, 6) is 2.60. The lowest BCUT2D eigenvalue weighted by Gasteiger charge is -2.74. The van der Waals surface area contributed by atoms with E-state index in [1.54, 1.807) is 24.3 Å². The third kappa shape index (κ3) is 1.59. The van der Waals surface area contributed by atoms with E-state index in [1.807, 2.05) is 13.1 Å². The van der Waals surface area contributed by atoms with Gasteiger partial charge in [-0.2, -0.15) is 13.5 Å². The average molecular weight is 290 g/mol. The predicted octanol–water partition coefficient (Wildman–Crippen LogP) is 2.31. The van der Waals surface area contributed by atoms with Crippen LogP contribution < -0.4 is 4.83 Å². The highest BCUT2D eigenvalue weighted by atomic mass is 32.2. The maximum absolute atomic E-state index is 12.1. The molecule has 106 valence electrons. The number of benzene rings is 1. The minimum atomic E-state index is -3.53. The summed E-state index contributed by atoms with van der Waals surface area (Å²) in [6, 6.07) is 6.79. The molecule has 4 nitrogen and oxygen atoms in total. The van der Waals surface area contributed by atoms with Crippen molar-refractivity contribution < 1.29 is 8.42 Å². The molecule has 20 heavy (non-hydrogen) atoms. The summed E-state index contributed by atoms with van der Waals surface area (Å²) in [7, 11) is -3.53. The van der Waals surface area contributed by atoms with Crippen molar-refractivity contribution in [3.05, 3.63) is 29.8 Å². The van der Waals surface area contributed by atoms with Crippen LogP contribution in [0.3, 0.4) is 0 Å². The van der Waals surface area contributed by atoms with Crippen molar-refractivity contribution in [1.82, 2.24) is 4.83 Å². The molecule has 0 aliphatic heterocycles. The summed E-state index contributed by atoms with van der Waals surface area (Å²) in [4.78, 5) is 2.61. The number of sulfonamides is 1. The monoisotopic (exact) mass is 290 g/mol. The average Bonchev–Trinajstić information content (AvgIpc) is 2.38. The Morgan fingerprint density at radius 2 is 1.90 bits per heavy atom. The molecule has 5 heteroatoms. The summed E-state index contributed by atoms with van der Waals surface area (Å²) in [5.41, 5.74) is 1.26. The SMILES string of the molecule is Cc1ccc(S(=O)(=O)N/N=C/C23CC4CC(C2)C43)cc1. The maximum atomic E-state index is 12.1. The normalized spacial score (nSPS) is 37.5. The molecular formula is C15H18N2O2S. The molecule has 3 saturated carbocycles. The van der Waals surface area contributed by atoms with Crippen molar-refractivity contribution in [3.8, 4) is 0 Å². The van der Waals surface area contributed by atoms with Crippen LogP contribution in [0.5, 0.6) is 0 Å². The number of rotatable bonds is 4. The number of nitrogens with zero attached hydrogens (tertiary/aromatic N) is 1. The third-order valence-corrected chi connectivity index (χ3v) is 6.63. The molecule has 2 atom stereocenters. The van der Waals surface area contributed by atoms with E-state index in [1.165, 1.54) is 19.3 Å². The summed E-state index contributed by atoms with van der Waals surface area (Å²) in [6.45, 7) is 1.93. The van der Waals surface area contributed by atoms with E-state index in [9.17, 15) is 8.42 Å². The van der Waals surface area contributed by atoms with Crippen molar-refractivity contribution in [3.63, 3.8) is 0 Å². The summed E-state index contributed by atoms with van der Waals surface area (Å²) < 4.78 is 24.2.